The molecule has 0 radical (unpaired) electrons. The van der Waals surface area contributed by atoms with Crippen molar-refractivity contribution >= 4 is 29.9 Å². The van der Waals surface area contributed by atoms with Gasteiger partial charge in [0, 0.05) is 26.2 Å². The van der Waals surface area contributed by atoms with Crippen molar-refractivity contribution in [3.05, 3.63) is 0 Å². The third-order valence-corrected chi connectivity index (χ3v) is 3.84. The van der Waals surface area contributed by atoms with Gasteiger partial charge in [-0.25, -0.2) is 0 Å². The zero-order chi connectivity index (χ0) is 13.5. The van der Waals surface area contributed by atoms with Gasteiger partial charge >= 0.3 is 0 Å². The molecule has 6 nitrogen and oxygen atoms in total. The van der Waals surface area contributed by atoms with Gasteiger partial charge in [0.15, 0.2) is 5.96 Å². The molecule has 1 atom stereocenters. The molecule has 2 rings (SSSR count). The van der Waals surface area contributed by atoms with Crippen LogP contribution in [0.2, 0.25) is 0 Å². The van der Waals surface area contributed by atoms with Gasteiger partial charge in [-0.1, -0.05) is 6.42 Å². The van der Waals surface area contributed by atoms with Crippen LogP contribution >= 0.6 is 24.0 Å². The van der Waals surface area contributed by atoms with Gasteiger partial charge < -0.3 is 20.9 Å². The van der Waals surface area contributed by atoms with Crippen LogP contribution in [-0.2, 0) is 4.74 Å². The molecule has 4 N–H and O–H groups in total. The summed E-state index contributed by atoms with van der Waals surface area (Å²) in [4.78, 5) is 6.39. The number of rotatable bonds is 6. The minimum absolute atomic E-state index is 0. The third-order valence-electron chi connectivity index (χ3n) is 3.84. The summed E-state index contributed by atoms with van der Waals surface area (Å²) < 4.78 is 5.27. The Morgan fingerprint density at radius 2 is 2.10 bits per heavy atom. The molecule has 1 saturated carbocycles. The fraction of sp³-hybridized carbons (Fsp3) is 0.923. The number of nitrogens with zero attached hydrogens (tertiary/aromatic N) is 2. The average molecular weight is 398 g/mol. The molecule has 118 valence electrons. The van der Waals surface area contributed by atoms with Gasteiger partial charge in [0.25, 0.3) is 0 Å². The molecule has 0 spiro atoms. The van der Waals surface area contributed by atoms with E-state index in [1.165, 1.54) is 19.3 Å². The highest BCUT2D eigenvalue weighted by Crippen LogP contribution is 2.24. The second-order valence-electron chi connectivity index (χ2n) is 5.47. The minimum atomic E-state index is -0.456. The first-order chi connectivity index (χ1) is 9.24. The summed E-state index contributed by atoms with van der Waals surface area (Å²) in [6.45, 7) is 5.19. The Hall–Kier alpha value is -0.120. The van der Waals surface area contributed by atoms with E-state index in [1.54, 1.807) is 0 Å². The number of aliphatic imine (C=N–C) groups is 1. The monoisotopic (exact) mass is 398 g/mol. The lowest BCUT2D eigenvalue weighted by atomic mass is 9.85. The number of hydrogen-bond donors (Lipinski definition) is 3. The number of nitrogens with two attached hydrogens (primary N) is 1. The predicted octanol–water partition coefficient (Wildman–Crippen LogP) is 0.00190. The van der Waals surface area contributed by atoms with Crippen molar-refractivity contribution in [3.8, 4) is 0 Å². The summed E-state index contributed by atoms with van der Waals surface area (Å²) in [6, 6.07) is 0. The Morgan fingerprint density at radius 3 is 2.70 bits per heavy atom. The number of hydrogen-bond acceptors (Lipinski definition) is 4. The van der Waals surface area contributed by atoms with E-state index >= 15 is 0 Å². The fourth-order valence-electron chi connectivity index (χ4n) is 2.34. The lowest BCUT2D eigenvalue weighted by Crippen LogP contribution is -2.42. The number of morpholine rings is 1. The minimum Gasteiger partial charge on any atom is -0.390 e. The van der Waals surface area contributed by atoms with E-state index in [0.29, 0.717) is 19.0 Å². The summed E-state index contributed by atoms with van der Waals surface area (Å²) in [5.41, 5.74) is 5.78. The van der Waals surface area contributed by atoms with Gasteiger partial charge in [-0.3, -0.25) is 9.89 Å². The Morgan fingerprint density at radius 1 is 1.40 bits per heavy atom. The van der Waals surface area contributed by atoms with Crippen molar-refractivity contribution in [1.82, 2.24) is 10.2 Å². The number of ether oxygens (including phenoxy) is 1. The van der Waals surface area contributed by atoms with Crippen LogP contribution in [0, 0.1) is 5.92 Å². The van der Waals surface area contributed by atoms with Gasteiger partial charge in [-0.2, -0.15) is 0 Å². The molecule has 0 amide bonds. The molecular formula is C13H27IN4O2. The summed E-state index contributed by atoms with van der Waals surface area (Å²) in [5, 5.41) is 13.0. The van der Waals surface area contributed by atoms with Gasteiger partial charge in [0.1, 0.15) is 0 Å². The van der Waals surface area contributed by atoms with E-state index in [1.807, 2.05) is 0 Å². The van der Waals surface area contributed by atoms with Crippen LogP contribution in [0.4, 0.5) is 0 Å². The van der Waals surface area contributed by atoms with E-state index in [0.717, 1.165) is 38.8 Å². The fourth-order valence-corrected chi connectivity index (χ4v) is 2.34. The van der Waals surface area contributed by atoms with Crippen molar-refractivity contribution in [2.24, 2.45) is 16.6 Å². The summed E-state index contributed by atoms with van der Waals surface area (Å²) in [6.07, 6.45) is 3.46. The van der Waals surface area contributed by atoms with Crippen LogP contribution in [0.15, 0.2) is 4.99 Å². The zero-order valence-corrected chi connectivity index (χ0v) is 14.3. The van der Waals surface area contributed by atoms with Crippen LogP contribution < -0.4 is 11.1 Å². The van der Waals surface area contributed by atoms with Crippen molar-refractivity contribution in [2.75, 3.05) is 45.9 Å². The second kappa shape index (κ2) is 9.75. The van der Waals surface area contributed by atoms with Crippen molar-refractivity contribution in [1.29, 1.82) is 0 Å². The SMILES string of the molecule is I.NC(=NCC(O)CN1CCOCC1)NCC1CCC1. The van der Waals surface area contributed by atoms with Crippen LogP contribution in [0.1, 0.15) is 19.3 Å². The van der Waals surface area contributed by atoms with E-state index in [-0.39, 0.29) is 24.0 Å². The second-order valence-corrected chi connectivity index (χ2v) is 5.47. The Balaban J connectivity index is 0.00000200. The molecule has 0 aromatic heterocycles. The van der Waals surface area contributed by atoms with Crippen molar-refractivity contribution < 1.29 is 9.84 Å². The molecule has 1 aliphatic carbocycles. The Bertz CT molecular complexity index is 294. The van der Waals surface area contributed by atoms with E-state index in [4.69, 9.17) is 10.5 Å². The maximum Gasteiger partial charge on any atom is 0.188 e. The van der Waals surface area contributed by atoms with E-state index in [9.17, 15) is 5.11 Å². The first kappa shape index (κ1) is 17.9. The third kappa shape index (κ3) is 6.55. The molecule has 0 aromatic rings. The standard InChI is InChI=1S/C13H26N4O2.HI/c14-13(15-8-11-2-1-3-11)16-9-12(18)10-17-4-6-19-7-5-17;/h11-12,18H,1-10H2,(H3,14,15,16);1H. The number of guanidine groups is 1. The van der Waals surface area contributed by atoms with Crippen LogP contribution in [0.5, 0.6) is 0 Å². The topological polar surface area (TPSA) is 83.1 Å². The highest BCUT2D eigenvalue weighted by Gasteiger charge is 2.17. The number of halogens is 1. The summed E-state index contributed by atoms with van der Waals surface area (Å²) >= 11 is 0. The van der Waals surface area contributed by atoms with Gasteiger partial charge in [-0.05, 0) is 18.8 Å². The molecular weight excluding hydrogens is 371 g/mol. The molecule has 1 aliphatic heterocycles. The summed E-state index contributed by atoms with van der Waals surface area (Å²) in [5.74, 6) is 1.21. The lowest BCUT2D eigenvalue weighted by molar-refractivity contribution is 0.0165. The van der Waals surface area contributed by atoms with Crippen molar-refractivity contribution in [2.45, 2.75) is 25.4 Å². The predicted molar refractivity (Wildman–Crippen MR) is 90.5 cm³/mol. The van der Waals surface area contributed by atoms with Gasteiger partial charge in [-0.15, -0.1) is 24.0 Å². The largest absolute Gasteiger partial charge is 0.390 e. The molecule has 7 heteroatoms. The smallest absolute Gasteiger partial charge is 0.188 e. The van der Waals surface area contributed by atoms with Gasteiger partial charge in [0.2, 0.25) is 0 Å². The van der Waals surface area contributed by atoms with Crippen LogP contribution in [-0.4, -0.2) is 68.0 Å². The molecule has 2 aliphatic rings. The first-order valence-electron chi connectivity index (χ1n) is 7.26. The maximum atomic E-state index is 9.91. The molecule has 20 heavy (non-hydrogen) atoms. The highest BCUT2D eigenvalue weighted by molar-refractivity contribution is 14.0. The van der Waals surface area contributed by atoms with E-state index in [2.05, 4.69) is 15.2 Å². The number of nitrogens with one attached hydrogen (secondary N) is 1. The van der Waals surface area contributed by atoms with E-state index < -0.39 is 6.10 Å². The maximum absolute atomic E-state index is 9.91. The molecule has 0 bridgehead atoms. The lowest BCUT2D eigenvalue weighted by Gasteiger charge is -2.28. The van der Waals surface area contributed by atoms with Crippen LogP contribution in [0.25, 0.3) is 0 Å². The number of aliphatic hydroxyl groups excluding tert-OH is 1. The van der Waals surface area contributed by atoms with Crippen LogP contribution in [0.3, 0.4) is 0 Å². The Kier molecular flexibility index (Phi) is 8.74. The number of aliphatic hydroxyl groups is 1. The summed E-state index contributed by atoms with van der Waals surface area (Å²) in [7, 11) is 0. The zero-order valence-electron chi connectivity index (χ0n) is 12.0. The van der Waals surface area contributed by atoms with Gasteiger partial charge in [0.05, 0.1) is 25.9 Å². The molecule has 0 aromatic carbocycles. The molecule has 1 heterocycles. The quantitative estimate of drug-likeness (QED) is 0.334. The normalized spacial score (nSPS) is 22.8. The Labute approximate surface area is 138 Å². The highest BCUT2D eigenvalue weighted by atomic mass is 127. The average Bonchev–Trinajstić information content (AvgIpc) is 2.36. The molecule has 2 fully saturated rings. The molecule has 1 unspecified atom stereocenters. The molecule has 1 saturated heterocycles. The van der Waals surface area contributed by atoms with Crippen molar-refractivity contribution in [3.63, 3.8) is 0 Å². The number of β-amino-alcohol motifs (C(OH)–C–C–N with tert-alkyl or cyclic N) is 1. The first-order valence-corrected chi connectivity index (χ1v) is 7.26.